The molecule has 1 aliphatic rings. The van der Waals surface area contributed by atoms with Gasteiger partial charge < -0.3 is 14.8 Å². The third kappa shape index (κ3) is 3.03. The standard InChI is InChI=1S/C15H23NO2/c1-10-5-6-11(2)15(13(10)4)18-9-14-8-17-7-12(3)16-14/h5-6,12,14,16H,7-9H2,1-4H3. The number of ether oxygens (including phenoxy) is 2. The Kier molecular flexibility index (Phi) is 4.25. The van der Waals surface area contributed by atoms with Crippen LogP contribution >= 0.6 is 0 Å². The van der Waals surface area contributed by atoms with Gasteiger partial charge in [-0.25, -0.2) is 0 Å². The minimum Gasteiger partial charge on any atom is -0.491 e. The lowest BCUT2D eigenvalue weighted by atomic mass is 10.1. The monoisotopic (exact) mass is 249 g/mol. The predicted octanol–water partition coefficient (Wildman–Crippen LogP) is 2.37. The van der Waals surface area contributed by atoms with Crippen molar-refractivity contribution in [3.63, 3.8) is 0 Å². The van der Waals surface area contributed by atoms with Crippen LogP contribution in [0.15, 0.2) is 12.1 Å². The van der Waals surface area contributed by atoms with Gasteiger partial charge in [-0.1, -0.05) is 12.1 Å². The largest absolute Gasteiger partial charge is 0.491 e. The number of rotatable bonds is 3. The van der Waals surface area contributed by atoms with Crippen LogP contribution in [0.3, 0.4) is 0 Å². The number of benzene rings is 1. The number of hydrogen-bond acceptors (Lipinski definition) is 3. The molecule has 3 nitrogen and oxygen atoms in total. The Morgan fingerprint density at radius 3 is 2.67 bits per heavy atom. The summed E-state index contributed by atoms with van der Waals surface area (Å²) in [6.45, 7) is 10.6. The van der Waals surface area contributed by atoms with Crippen molar-refractivity contribution in [2.24, 2.45) is 0 Å². The number of morpholine rings is 1. The van der Waals surface area contributed by atoms with Crippen molar-refractivity contribution in [2.75, 3.05) is 19.8 Å². The molecule has 1 N–H and O–H groups in total. The molecule has 18 heavy (non-hydrogen) atoms. The molecule has 0 aromatic heterocycles. The molecule has 1 saturated heterocycles. The van der Waals surface area contributed by atoms with Gasteiger partial charge in [0.15, 0.2) is 0 Å². The Labute approximate surface area is 109 Å². The molecule has 1 aromatic rings. The van der Waals surface area contributed by atoms with Crippen LogP contribution in [-0.2, 0) is 4.74 Å². The van der Waals surface area contributed by atoms with Crippen molar-refractivity contribution in [1.82, 2.24) is 5.32 Å². The quantitative estimate of drug-likeness (QED) is 0.892. The summed E-state index contributed by atoms with van der Waals surface area (Å²) in [5, 5.41) is 3.49. The van der Waals surface area contributed by atoms with E-state index in [4.69, 9.17) is 9.47 Å². The minimum absolute atomic E-state index is 0.285. The van der Waals surface area contributed by atoms with Gasteiger partial charge >= 0.3 is 0 Å². The molecule has 2 rings (SSSR count). The molecule has 0 amide bonds. The summed E-state index contributed by atoms with van der Waals surface area (Å²) in [6.07, 6.45) is 0. The molecule has 1 heterocycles. The normalized spacial score (nSPS) is 24.0. The molecule has 0 spiro atoms. The van der Waals surface area contributed by atoms with E-state index < -0.39 is 0 Å². The molecule has 0 bridgehead atoms. The maximum atomic E-state index is 5.99. The number of nitrogens with one attached hydrogen (secondary N) is 1. The van der Waals surface area contributed by atoms with Crippen LogP contribution in [0.1, 0.15) is 23.6 Å². The lowest BCUT2D eigenvalue weighted by molar-refractivity contribution is 0.0351. The van der Waals surface area contributed by atoms with Gasteiger partial charge in [0.05, 0.1) is 19.3 Å². The molecule has 0 aliphatic carbocycles. The Morgan fingerprint density at radius 2 is 1.94 bits per heavy atom. The highest BCUT2D eigenvalue weighted by molar-refractivity contribution is 5.44. The zero-order chi connectivity index (χ0) is 13.1. The Balaban J connectivity index is 1.99. The van der Waals surface area contributed by atoms with Crippen LogP contribution in [0.2, 0.25) is 0 Å². The Morgan fingerprint density at radius 1 is 1.22 bits per heavy atom. The van der Waals surface area contributed by atoms with E-state index in [2.05, 4.69) is 45.1 Å². The van der Waals surface area contributed by atoms with E-state index in [-0.39, 0.29) is 6.04 Å². The second kappa shape index (κ2) is 5.72. The van der Waals surface area contributed by atoms with E-state index in [1.807, 2.05) is 0 Å². The van der Waals surface area contributed by atoms with Gasteiger partial charge in [0.2, 0.25) is 0 Å². The summed E-state index contributed by atoms with van der Waals surface area (Å²) in [6, 6.07) is 4.95. The fourth-order valence-electron chi connectivity index (χ4n) is 2.31. The maximum absolute atomic E-state index is 5.99. The first-order valence-electron chi connectivity index (χ1n) is 6.61. The molecule has 1 aliphatic heterocycles. The van der Waals surface area contributed by atoms with Crippen molar-refractivity contribution in [3.8, 4) is 5.75 Å². The van der Waals surface area contributed by atoms with Gasteiger partial charge in [-0.05, 0) is 44.4 Å². The Bertz CT molecular complexity index is 417. The van der Waals surface area contributed by atoms with Crippen molar-refractivity contribution < 1.29 is 9.47 Å². The zero-order valence-corrected chi connectivity index (χ0v) is 11.7. The van der Waals surface area contributed by atoms with Crippen LogP contribution in [-0.4, -0.2) is 31.9 Å². The van der Waals surface area contributed by atoms with E-state index in [1.165, 1.54) is 16.7 Å². The maximum Gasteiger partial charge on any atom is 0.125 e. The third-order valence-corrected chi connectivity index (χ3v) is 3.51. The molecule has 2 unspecified atom stereocenters. The molecule has 1 aromatic carbocycles. The summed E-state index contributed by atoms with van der Waals surface area (Å²) in [5.74, 6) is 1.02. The fraction of sp³-hybridized carbons (Fsp3) is 0.600. The van der Waals surface area contributed by atoms with Crippen molar-refractivity contribution >= 4 is 0 Å². The van der Waals surface area contributed by atoms with Crippen molar-refractivity contribution in [2.45, 2.75) is 39.8 Å². The first kappa shape index (κ1) is 13.4. The van der Waals surface area contributed by atoms with Gasteiger partial charge in [-0.2, -0.15) is 0 Å². The lowest BCUT2D eigenvalue weighted by Gasteiger charge is -2.29. The van der Waals surface area contributed by atoms with Crippen molar-refractivity contribution in [1.29, 1.82) is 0 Å². The van der Waals surface area contributed by atoms with E-state index in [1.54, 1.807) is 0 Å². The first-order valence-corrected chi connectivity index (χ1v) is 6.61. The molecule has 1 fully saturated rings. The first-order chi connectivity index (χ1) is 8.58. The average molecular weight is 249 g/mol. The molecule has 0 saturated carbocycles. The van der Waals surface area contributed by atoms with Gasteiger partial charge in [0.25, 0.3) is 0 Å². The van der Waals surface area contributed by atoms with Crippen molar-refractivity contribution in [3.05, 3.63) is 28.8 Å². The summed E-state index contributed by atoms with van der Waals surface area (Å²) in [4.78, 5) is 0. The predicted molar refractivity (Wildman–Crippen MR) is 73.4 cm³/mol. The SMILES string of the molecule is Cc1ccc(C)c(OCC2COCC(C)N2)c1C. The van der Waals surface area contributed by atoms with E-state index in [0.29, 0.717) is 12.6 Å². The van der Waals surface area contributed by atoms with Crippen LogP contribution in [0, 0.1) is 20.8 Å². The summed E-state index contributed by atoms with van der Waals surface area (Å²) in [7, 11) is 0. The molecule has 3 heteroatoms. The molecular weight excluding hydrogens is 226 g/mol. The smallest absolute Gasteiger partial charge is 0.125 e. The summed E-state index contributed by atoms with van der Waals surface area (Å²) < 4.78 is 11.5. The average Bonchev–Trinajstić information content (AvgIpc) is 2.34. The fourth-order valence-corrected chi connectivity index (χ4v) is 2.31. The Hall–Kier alpha value is -1.06. The minimum atomic E-state index is 0.285. The van der Waals surface area contributed by atoms with E-state index >= 15 is 0 Å². The molecule has 100 valence electrons. The van der Waals surface area contributed by atoms with Crippen LogP contribution in [0.5, 0.6) is 5.75 Å². The van der Waals surface area contributed by atoms with Gasteiger partial charge in [-0.15, -0.1) is 0 Å². The molecule has 2 atom stereocenters. The van der Waals surface area contributed by atoms with E-state index in [9.17, 15) is 0 Å². The summed E-state index contributed by atoms with van der Waals surface area (Å²) in [5.41, 5.74) is 3.71. The van der Waals surface area contributed by atoms with Gasteiger partial charge in [0, 0.05) is 6.04 Å². The number of aryl methyl sites for hydroxylation is 2. The topological polar surface area (TPSA) is 30.5 Å². The van der Waals surface area contributed by atoms with Gasteiger partial charge in [-0.3, -0.25) is 0 Å². The summed E-state index contributed by atoms with van der Waals surface area (Å²) >= 11 is 0. The second-order valence-corrected chi connectivity index (χ2v) is 5.27. The third-order valence-electron chi connectivity index (χ3n) is 3.51. The highest BCUT2D eigenvalue weighted by Crippen LogP contribution is 2.25. The van der Waals surface area contributed by atoms with Crippen LogP contribution in [0.25, 0.3) is 0 Å². The zero-order valence-electron chi connectivity index (χ0n) is 11.7. The second-order valence-electron chi connectivity index (χ2n) is 5.27. The van der Waals surface area contributed by atoms with Gasteiger partial charge in [0.1, 0.15) is 12.4 Å². The molecule has 0 radical (unpaired) electrons. The highest BCUT2D eigenvalue weighted by Gasteiger charge is 2.19. The molecular formula is C15H23NO2. The van der Waals surface area contributed by atoms with Crippen LogP contribution in [0.4, 0.5) is 0 Å². The number of hydrogen-bond donors (Lipinski definition) is 1. The van der Waals surface area contributed by atoms with Crippen LogP contribution < -0.4 is 10.1 Å². The lowest BCUT2D eigenvalue weighted by Crippen LogP contribution is -2.50. The van der Waals surface area contributed by atoms with E-state index in [0.717, 1.165) is 19.0 Å². The highest BCUT2D eigenvalue weighted by atomic mass is 16.5.